The number of hydrogen-bond acceptors (Lipinski definition) is 4. The second kappa shape index (κ2) is 7.95. The van der Waals surface area contributed by atoms with Gasteiger partial charge in [-0.2, -0.15) is 0 Å². The summed E-state index contributed by atoms with van der Waals surface area (Å²) < 4.78 is 3.65. The predicted molar refractivity (Wildman–Crippen MR) is 131 cm³/mol. The van der Waals surface area contributed by atoms with Gasteiger partial charge in [0.05, 0.1) is 11.0 Å². The van der Waals surface area contributed by atoms with Gasteiger partial charge in [0.25, 0.3) is 11.8 Å². The van der Waals surface area contributed by atoms with Crippen LogP contribution in [0.1, 0.15) is 39.6 Å². The molecule has 2 aliphatic rings. The van der Waals surface area contributed by atoms with Gasteiger partial charge in [-0.1, -0.05) is 36.4 Å². The van der Waals surface area contributed by atoms with Crippen molar-refractivity contribution in [2.45, 2.75) is 18.9 Å². The fourth-order valence-electron chi connectivity index (χ4n) is 5.60. The first-order chi connectivity index (χ1) is 16.5. The van der Waals surface area contributed by atoms with E-state index < -0.39 is 0 Å². The molecule has 0 aliphatic carbocycles. The fourth-order valence-corrected chi connectivity index (χ4v) is 5.60. The van der Waals surface area contributed by atoms with E-state index in [1.165, 1.54) is 4.90 Å². The number of fused-ring (bicyclic) bond motifs is 1. The number of aromatic nitrogens is 2. The molecule has 1 saturated heterocycles. The summed E-state index contributed by atoms with van der Waals surface area (Å²) >= 11 is 0. The Labute approximate surface area is 196 Å². The highest BCUT2D eigenvalue weighted by molar-refractivity contribution is 6.25. The molecule has 2 amide bonds. The number of amides is 2. The molecule has 0 bridgehead atoms. The number of imidazole rings is 1. The van der Waals surface area contributed by atoms with Crippen LogP contribution in [0, 0.1) is 0 Å². The van der Waals surface area contributed by atoms with Gasteiger partial charge in [-0.3, -0.25) is 23.6 Å². The van der Waals surface area contributed by atoms with Gasteiger partial charge < -0.3 is 4.90 Å². The van der Waals surface area contributed by atoms with Gasteiger partial charge in [0.2, 0.25) is 0 Å². The molecule has 0 N–H and O–H groups in total. The topological polar surface area (TPSA) is 67.6 Å². The first-order valence-electron chi connectivity index (χ1n) is 11.8. The van der Waals surface area contributed by atoms with Gasteiger partial charge >= 0.3 is 5.69 Å². The molecule has 4 aromatic rings. The minimum atomic E-state index is -0.216. The van der Waals surface area contributed by atoms with Gasteiger partial charge in [-0.05, 0) is 42.5 Å². The third-order valence-electron chi connectivity index (χ3n) is 7.41. The quantitative estimate of drug-likeness (QED) is 0.443. The zero-order valence-electron chi connectivity index (χ0n) is 19.1. The molecular weight excluding hydrogens is 428 g/mol. The monoisotopic (exact) mass is 454 g/mol. The van der Waals surface area contributed by atoms with Gasteiger partial charge in [0.15, 0.2) is 0 Å². The smallest absolute Gasteiger partial charge is 0.301 e. The van der Waals surface area contributed by atoms with Crippen molar-refractivity contribution in [3.05, 3.63) is 82.3 Å². The first-order valence-corrected chi connectivity index (χ1v) is 11.8. The van der Waals surface area contributed by atoms with Crippen molar-refractivity contribution in [2.24, 2.45) is 7.05 Å². The minimum Gasteiger partial charge on any atom is -0.301 e. The van der Waals surface area contributed by atoms with Gasteiger partial charge in [-0.25, -0.2) is 4.79 Å². The molecule has 0 atom stereocenters. The number of carbonyl (C=O) groups excluding carboxylic acids is 2. The summed E-state index contributed by atoms with van der Waals surface area (Å²) in [4.78, 5) is 42.8. The van der Waals surface area contributed by atoms with Crippen LogP contribution in [-0.4, -0.2) is 56.9 Å². The second-order valence-corrected chi connectivity index (χ2v) is 9.24. The van der Waals surface area contributed by atoms with Crippen molar-refractivity contribution >= 4 is 33.6 Å². The zero-order valence-corrected chi connectivity index (χ0v) is 19.1. The standard InChI is InChI=1S/C27H26N4O3/c1-28-22-10-2-3-11-23(22)31(27(28)34)19-12-14-29(15-13-19)16-17-30-25(32)20-8-4-6-18-7-5-9-21(24(18)20)26(30)33/h2-11,19H,12-17H2,1H3. The summed E-state index contributed by atoms with van der Waals surface area (Å²) in [6.45, 7) is 2.64. The molecule has 0 radical (unpaired) electrons. The van der Waals surface area contributed by atoms with Crippen LogP contribution >= 0.6 is 0 Å². The van der Waals surface area contributed by atoms with Crippen molar-refractivity contribution in [3.63, 3.8) is 0 Å². The lowest BCUT2D eigenvalue weighted by Gasteiger charge is -2.34. The van der Waals surface area contributed by atoms with Gasteiger partial charge in [0.1, 0.15) is 0 Å². The molecule has 172 valence electrons. The number of nitrogens with zero attached hydrogens (tertiary/aromatic N) is 4. The van der Waals surface area contributed by atoms with E-state index in [0.29, 0.717) is 24.2 Å². The Morgan fingerprint density at radius 2 is 1.38 bits per heavy atom. The lowest BCUT2D eigenvalue weighted by atomic mass is 9.94. The summed E-state index contributed by atoms with van der Waals surface area (Å²) in [5.41, 5.74) is 3.15. The van der Waals surface area contributed by atoms with Crippen molar-refractivity contribution in [2.75, 3.05) is 26.2 Å². The van der Waals surface area contributed by atoms with E-state index in [0.717, 1.165) is 47.7 Å². The molecule has 3 heterocycles. The molecule has 34 heavy (non-hydrogen) atoms. The fraction of sp³-hybridized carbons (Fsp3) is 0.296. The summed E-state index contributed by atoms with van der Waals surface area (Å²) in [6.07, 6.45) is 1.72. The third-order valence-corrected chi connectivity index (χ3v) is 7.41. The maximum Gasteiger partial charge on any atom is 0.329 e. The zero-order chi connectivity index (χ0) is 23.4. The molecule has 0 spiro atoms. The largest absolute Gasteiger partial charge is 0.329 e. The molecule has 3 aromatic carbocycles. The Morgan fingerprint density at radius 1 is 0.765 bits per heavy atom. The molecule has 2 aliphatic heterocycles. The van der Waals surface area contributed by atoms with Gasteiger partial charge in [-0.15, -0.1) is 0 Å². The van der Waals surface area contributed by atoms with Crippen LogP contribution in [0.4, 0.5) is 0 Å². The number of hydrogen-bond donors (Lipinski definition) is 0. The van der Waals surface area contributed by atoms with Crippen LogP contribution < -0.4 is 5.69 Å². The highest BCUT2D eigenvalue weighted by atomic mass is 16.2. The van der Waals surface area contributed by atoms with Crippen molar-refractivity contribution in [1.82, 2.24) is 18.9 Å². The van der Waals surface area contributed by atoms with E-state index in [9.17, 15) is 14.4 Å². The van der Waals surface area contributed by atoms with Crippen LogP contribution in [0.2, 0.25) is 0 Å². The molecular formula is C27H26N4O3. The molecule has 0 unspecified atom stereocenters. The number of piperidine rings is 1. The summed E-state index contributed by atoms with van der Waals surface area (Å²) in [6, 6.07) is 19.3. The average Bonchev–Trinajstić information content (AvgIpc) is 3.12. The number of imide groups is 1. The van der Waals surface area contributed by atoms with E-state index in [1.54, 1.807) is 16.7 Å². The Balaban J connectivity index is 1.16. The van der Waals surface area contributed by atoms with Crippen molar-refractivity contribution in [3.8, 4) is 0 Å². The SMILES string of the molecule is Cn1c(=O)n(C2CCN(CCN3C(=O)c4cccc5cccc(c45)C3=O)CC2)c2ccccc21. The Hall–Kier alpha value is -3.71. The van der Waals surface area contributed by atoms with E-state index in [-0.39, 0.29) is 23.5 Å². The normalized spacial score (nSPS) is 17.3. The molecule has 7 heteroatoms. The van der Waals surface area contributed by atoms with Crippen LogP contribution in [0.3, 0.4) is 0 Å². The van der Waals surface area contributed by atoms with E-state index >= 15 is 0 Å². The summed E-state index contributed by atoms with van der Waals surface area (Å²) in [5, 5.41) is 1.68. The summed E-state index contributed by atoms with van der Waals surface area (Å²) in [7, 11) is 1.82. The number of aryl methyl sites for hydroxylation is 1. The molecule has 1 aromatic heterocycles. The van der Waals surface area contributed by atoms with Crippen LogP contribution in [0.15, 0.2) is 65.5 Å². The molecule has 0 saturated carbocycles. The van der Waals surface area contributed by atoms with E-state index in [2.05, 4.69) is 4.90 Å². The lowest BCUT2D eigenvalue weighted by molar-refractivity contribution is 0.0583. The van der Waals surface area contributed by atoms with E-state index in [1.807, 2.05) is 60.1 Å². The third kappa shape index (κ3) is 3.11. The van der Waals surface area contributed by atoms with Gasteiger partial charge in [0, 0.05) is 55.8 Å². The molecule has 6 rings (SSSR count). The van der Waals surface area contributed by atoms with E-state index in [4.69, 9.17) is 0 Å². The Bertz CT molecular complexity index is 1460. The van der Waals surface area contributed by atoms with Crippen molar-refractivity contribution < 1.29 is 9.59 Å². The van der Waals surface area contributed by atoms with Crippen LogP contribution in [0.25, 0.3) is 21.8 Å². The number of likely N-dealkylation sites (tertiary alicyclic amines) is 1. The van der Waals surface area contributed by atoms with Crippen LogP contribution in [0.5, 0.6) is 0 Å². The number of rotatable bonds is 4. The highest BCUT2D eigenvalue weighted by Crippen LogP contribution is 2.30. The number of carbonyl (C=O) groups is 2. The maximum absolute atomic E-state index is 13.1. The predicted octanol–water partition coefficient (Wildman–Crippen LogP) is 3.43. The first kappa shape index (κ1) is 20.9. The number of benzene rings is 3. The average molecular weight is 455 g/mol. The van der Waals surface area contributed by atoms with Crippen LogP contribution in [-0.2, 0) is 7.05 Å². The summed E-state index contributed by atoms with van der Waals surface area (Å²) in [5.74, 6) is -0.432. The Kier molecular flexibility index (Phi) is 4.88. The second-order valence-electron chi connectivity index (χ2n) is 9.24. The maximum atomic E-state index is 13.1. The lowest BCUT2D eigenvalue weighted by Crippen LogP contribution is -2.46. The highest BCUT2D eigenvalue weighted by Gasteiger charge is 2.33. The molecule has 7 nitrogen and oxygen atoms in total. The Morgan fingerprint density at radius 3 is 2.03 bits per heavy atom. The van der Waals surface area contributed by atoms with Crippen molar-refractivity contribution in [1.29, 1.82) is 0 Å². The molecule has 1 fully saturated rings. The number of para-hydroxylation sites is 2. The minimum absolute atomic E-state index is 0.0250.